The number of hydrogen-bond donors (Lipinski definition) is 3. The molecule has 0 aliphatic carbocycles. The molecule has 0 spiro atoms. The van der Waals surface area contributed by atoms with Crippen LogP contribution in [0.25, 0.3) is 0 Å². The summed E-state index contributed by atoms with van der Waals surface area (Å²) in [6.07, 6.45) is 6.37. The van der Waals surface area contributed by atoms with Gasteiger partial charge < -0.3 is 20.9 Å². The molecule has 6 nitrogen and oxygen atoms in total. The van der Waals surface area contributed by atoms with Gasteiger partial charge in [-0.3, -0.25) is 4.79 Å². The van der Waals surface area contributed by atoms with E-state index < -0.39 is 0 Å². The van der Waals surface area contributed by atoms with Crippen LogP contribution in [0.2, 0.25) is 0 Å². The van der Waals surface area contributed by atoms with E-state index >= 15 is 0 Å². The number of piperidine rings is 2. The second kappa shape index (κ2) is 9.08. The Kier molecular flexibility index (Phi) is 7.37. The zero-order valence-electron chi connectivity index (χ0n) is 15.4. The van der Waals surface area contributed by atoms with E-state index in [1.807, 2.05) is 4.90 Å². The zero-order chi connectivity index (χ0) is 17.1. The molecular weight excluding hydrogens is 340 g/mol. The lowest BCUT2D eigenvalue weighted by Gasteiger charge is -2.35. The number of nitrogens with zero attached hydrogens (tertiary/aromatic N) is 1. The minimum atomic E-state index is -0.0592. The van der Waals surface area contributed by atoms with E-state index in [-0.39, 0.29) is 30.3 Å². The van der Waals surface area contributed by atoms with Crippen LogP contribution in [0.5, 0.6) is 0 Å². The average Bonchev–Trinajstić information content (AvgIpc) is 2.91. The quantitative estimate of drug-likeness (QED) is 0.705. The van der Waals surface area contributed by atoms with E-state index in [1.54, 1.807) is 0 Å². The highest BCUT2D eigenvalue weighted by Crippen LogP contribution is 2.27. The molecule has 3 saturated heterocycles. The number of fused-ring (bicyclic) bond motifs is 2. The SMILES string of the molecule is CC(C)CNC(=O)N1CCCC(C(=O)NC2CC3CCC(C2)N3)C1.Cl. The Morgan fingerprint density at radius 1 is 1.16 bits per heavy atom. The Bertz CT molecular complexity index is 462. The summed E-state index contributed by atoms with van der Waals surface area (Å²) in [6.45, 7) is 6.15. The van der Waals surface area contributed by atoms with Gasteiger partial charge in [-0.25, -0.2) is 4.79 Å². The number of urea groups is 1. The molecule has 144 valence electrons. The predicted octanol–water partition coefficient (Wildman–Crippen LogP) is 1.89. The van der Waals surface area contributed by atoms with Crippen molar-refractivity contribution in [3.8, 4) is 0 Å². The molecule has 25 heavy (non-hydrogen) atoms. The van der Waals surface area contributed by atoms with Crippen molar-refractivity contribution in [3.63, 3.8) is 0 Å². The van der Waals surface area contributed by atoms with E-state index in [4.69, 9.17) is 0 Å². The summed E-state index contributed by atoms with van der Waals surface area (Å²) in [5, 5.41) is 9.83. The van der Waals surface area contributed by atoms with Crippen LogP contribution in [-0.2, 0) is 4.79 Å². The highest BCUT2D eigenvalue weighted by molar-refractivity contribution is 5.85. The molecule has 0 saturated carbocycles. The average molecular weight is 373 g/mol. The number of halogens is 1. The van der Waals surface area contributed by atoms with Crippen LogP contribution in [0.15, 0.2) is 0 Å². The molecule has 3 aliphatic rings. The lowest BCUT2D eigenvalue weighted by Crippen LogP contribution is -2.53. The van der Waals surface area contributed by atoms with Crippen LogP contribution in [0.1, 0.15) is 52.4 Å². The summed E-state index contributed by atoms with van der Waals surface area (Å²) in [6, 6.07) is 1.44. The maximum Gasteiger partial charge on any atom is 0.317 e. The van der Waals surface area contributed by atoms with Crippen LogP contribution in [0, 0.1) is 11.8 Å². The maximum atomic E-state index is 12.6. The summed E-state index contributed by atoms with van der Waals surface area (Å²) in [7, 11) is 0. The summed E-state index contributed by atoms with van der Waals surface area (Å²) < 4.78 is 0. The third kappa shape index (κ3) is 5.48. The molecule has 3 N–H and O–H groups in total. The Hall–Kier alpha value is -1.01. The van der Waals surface area contributed by atoms with Gasteiger partial charge in [-0.1, -0.05) is 13.8 Å². The van der Waals surface area contributed by atoms with Crippen LogP contribution >= 0.6 is 12.4 Å². The topological polar surface area (TPSA) is 73.5 Å². The highest BCUT2D eigenvalue weighted by atomic mass is 35.5. The molecule has 2 bridgehead atoms. The van der Waals surface area contributed by atoms with Crippen molar-refractivity contribution in [1.29, 1.82) is 0 Å². The second-order valence-corrected chi connectivity index (χ2v) is 8.18. The lowest BCUT2D eigenvalue weighted by molar-refractivity contribution is -0.127. The maximum absolute atomic E-state index is 12.6. The molecular formula is C18H33ClN4O2. The van der Waals surface area contributed by atoms with E-state index in [0.717, 1.165) is 32.2 Å². The van der Waals surface area contributed by atoms with Gasteiger partial charge in [0.25, 0.3) is 0 Å². The molecule has 0 aromatic carbocycles. The van der Waals surface area contributed by atoms with Crippen molar-refractivity contribution in [2.45, 2.75) is 70.5 Å². The van der Waals surface area contributed by atoms with Crippen molar-refractivity contribution in [2.24, 2.45) is 11.8 Å². The molecule has 3 amide bonds. The zero-order valence-corrected chi connectivity index (χ0v) is 16.2. The predicted molar refractivity (Wildman–Crippen MR) is 101 cm³/mol. The van der Waals surface area contributed by atoms with Gasteiger partial charge in [0.1, 0.15) is 0 Å². The smallest absolute Gasteiger partial charge is 0.317 e. The van der Waals surface area contributed by atoms with Gasteiger partial charge >= 0.3 is 6.03 Å². The number of amides is 3. The minimum Gasteiger partial charge on any atom is -0.353 e. The van der Waals surface area contributed by atoms with Crippen molar-refractivity contribution in [2.75, 3.05) is 19.6 Å². The number of carbonyl (C=O) groups is 2. The Labute approximate surface area is 157 Å². The van der Waals surface area contributed by atoms with Crippen molar-refractivity contribution in [3.05, 3.63) is 0 Å². The summed E-state index contributed by atoms with van der Waals surface area (Å²) in [5.41, 5.74) is 0. The second-order valence-electron chi connectivity index (χ2n) is 8.18. The van der Waals surface area contributed by atoms with Gasteiger partial charge in [-0.2, -0.15) is 0 Å². The molecule has 7 heteroatoms. The highest BCUT2D eigenvalue weighted by Gasteiger charge is 2.36. The molecule has 3 heterocycles. The molecule has 3 unspecified atom stereocenters. The summed E-state index contributed by atoms with van der Waals surface area (Å²) in [5.74, 6) is 0.520. The van der Waals surface area contributed by atoms with Crippen molar-refractivity contribution >= 4 is 24.3 Å². The first-order valence-electron chi connectivity index (χ1n) is 9.60. The van der Waals surface area contributed by atoms with Gasteiger partial charge in [0.2, 0.25) is 5.91 Å². The minimum absolute atomic E-state index is 0. The number of carbonyl (C=O) groups excluding carboxylic acids is 2. The number of hydrogen-bond acceptors (Lipinski definition) is 3. The molecule has 3 aliphatic heterocycles. The van der Waals surface area contributed by atoms with Crippen molar-refractivity contribution < 1.29 is 9.59 Å². The fourth-order valence-electron chi connectivity index (χ4n) is 4.27. The fourth-order valence-corrected chi connectivity index (χ4v) is 4.27. The van der Waals surface area contributed by atoms with Crippen LogP contribution in [0.3, 0.4) is 0 Å². The Balaban J connectivity index is 0.00000225. The van der Waals surface area contributed by atoms with Crippen molar-refractivity contribution in [1.82, 2.24) is 20.9 Å². The number of nitrogens with one attached hydrogen (secondary N) is 3. The third-order valence-corrected chi connectivity index (χ3v) is 5.56. The first kappa shape index (κ1) is 20.3. The molecule has 0 radical (unpaired) electrons. The Morgan fingerprint density at radius 3 is 2.48 bits per heavy atom. The van der Waals surface area contributed by atoms with Gasteiger partial charge in [0.05, 0.1) is 5.92 Å². The van der Waals surface area contributed by atoms with Gasteiger partial charge in [-0.15, -0.1) is 12.4 Å². The number of rotatable bonds is 4. The van der Waals surface area contributed by atoms with E-state index in [2.05, 4.69) is 29.8 Å². The van der Waals surface area contributed by atoms with E-state index in [0.29, 0.717) is 37.1 Å². The van der Waals surface area contributed by atoms with E-state index in [9.17, 15) is 9.59 Å². The van der Waals surface area contributed by atoms with Crippen LogP contribution in [-0.4, -0.2) is 54.6 Å². The molecule has 3 fully saturated rings. The van der Waals surface area contributed by atoms with Crippen LogP contribution in [0.4, 0.5) is 4.79 Å². The van der Waals surface area contributed by atoms with E-state index in [1.165, 1.54) is 12.8 Å². The molecule has 3 rings (SSSR count). The number of likely N-dealkylation sites (tertiary alicyclic amines) is 1. The van der Waals surface area contributed by atoms with Gasteiger partial charge in [0, 0.05) is 37.8 Å². The fraction of sp³-hybridized carbons (Fsp3) is 0.889. The van der Waals surface area contributed by atoms with Gasteiger partial charge in [-0.05, 0) is 44.4 Å². The first-order valence-corrected chi connectivity index (χ1v) is 9.60. The first-order chi connectivity index (χ1) is 11.5. The monoisotopic (exact) mass is 372 g/mol. The van der Waals surface area contributed by atoms with Gasteiger partial charge in [0.15, 0.2) is 0 Å². The molecule has 0 aromatic heterocycles. The summed E-state index contributed by atoms with van der Waals surface area (Å²) in [4.78, 5) is 26.7. The Morgan fingerprint density at radius 2 is 1.84 bits per heavy atom. The summed E-state index contributed by atoms with van der Waals surface area (Å²) >= 11 is 0. The normalized spacial score (nSPS) is 31.4. The third-order valence-electron chi connectivity index (χ3n) is 5.56. The largest absolute Gasteiger partial charge is 0.353 e. The molecule has 0 aromatic rings. The van der Waals surface area contributed by atoms with Crippen LogP contribution < -0.4 is 16.0 Å². The molecule has 3 atom stereocenters. The standard InChI is InChI=1S/C18H32N4O2.ClH/c1-12(2)10-19-18(24)22-7-3-4-13(11-22)17(23)21-16-8-14-5-6-15(9-16)20-14;/h12-16,20H,3-11H2,1-2H3,(H,19,24)(H,21,23);1H. The lowest BCUT2D eigenvalue weighted by atomic mass is 9.95.